The fourth-order valence-electron chi connectivity index (χ4n) is 1.56. The molecule has 0 atom stereocenters. The zero-order chi connectivity index (χ0) is 18.1. The predicted octanol–water partition coefficient (Wildman–Crippen LogP) is 3.39. The van der Waals surface area contributed by atoms with Gasteiger partial charge >= 0.3 is 6.09 Å². The van der Waals surface area contributed by atoms with Crippen LogP contribution in [0.5, 0.6) is 5.75 Å². The van der Waals surface area contributed by atoms with Gasteiger partial charge in [0, 0.05) is 0 Å². The molecule has 132 valence electrons. The quantitative estimate of drug-likeness (QED) is 0.714. The first-order valence-electron chi connectivity index (χ1n) is 7.54. The summed E-state index contributed by atoms with van der Waals surface area (Å²) in [5.74, 6) is 0.491. The molecular formula is C15H18N6O2S2. The Morgan fingerprint density at radius 2 is 1.68 bits per heavy atom. The molecule has 3 rings (SSSR count). The number of benzene rings is 1. The van der Waals surface area contributed by atoms with Gasteiger partial charge in [-0.05, 0) is 25.0 Å². The second kappa shape index (κ2) is 9.64. The summed E-state index contributed by atoms with van der Waals surface area (Å²) in [7, 11) is 0. The fraction of sp³-hybridized carbons (Fsp3) is 0.267. The number of nitrogens with one attached hydrogen (secondary N) is 1. The lowest BCUT2D eigenvalue weighted by Gasteiger charge is -2.02. The molecule has 0 unspecified atom stereocenters. The summed E-state index contributed by atoms with van der Waals surface area (Å²) in [6.07, 6.45) is 1.16. The second-order valence-electron chi connectivity index (χ2n) is 4.57. The summed E-state index contributed by atoms with van der Waals surface area (Å²) in [5, 5.41) is 20.5. The first-order valence-corrected chi connectivity index (χ1v) is 9.18. The molecule has 0 saturated carbocycles. The van der Waals surface area contributed by atoms with Gasteiger partial charge < -0.3 is 10.5 Å². The number of amides is 1. The van der Waals surface area contributed by atoms with E-state index in [1.54, 1.807) is 24.3 Å². The Hall–Kier alpha value is -2.59. The number of hydrogen-bond acceptors (Lipinski definition) is 9. The maximum absolute atomic E-state index is 11.5. The number of carbonyl (C=O) groups excluding carboxylic acids is 1. The number of carbonyl (C=O) groups is 1. The number of ether oxygens (including phenoxy) is 1. The van der Waals surface area contributed by atoms with Crippen molar-refractivity contribution in [3.63, 3.8) is 0 Å². The molecular weight excluding hydrogens is 360 g/mol. The third kappa shape index (κ3) is 6.43. The average molecular weight is 378 g/mol. The van der Waals surface area contributed by atoms with Gasteiger partial charge in [-0.1, -0.05) is 54.7 Å². The molecule has 0 aliphatic rings. The predicted molar refractivity (Wildman–Crippen MR) is 99.1 cm³/mol. The van der Waals surface area contributed by atoms with Gasteiger partial charge in [0.05, 0.1) is 0 Å². The number of para-hydroxylation sites is 1. The van der Waals surface area contributed by atoms with E-state index in [9.17, 15) is 4.79 Å². The van der Waals surface area contributed by atoms with Crippen LogP contribution < -0.4 is 15.8 Å². The molecule has 0 bridgehead atoms. The Morgan fingerprint density at radius 1 is 1.04 bits per heavy atom. The molecule has 10 heteroatoms. The molecule has 2 aromatic heterocycles. The minimum absolute atomic E-state index is 0.447. The highest BCUT2D eigenvalue weighted by Gasteiger charge is 2.08. The van der Waals surface area contributed by atoms with E-state index >= 15 is 0 Å². The van der Waals surface area contributed by atoms with Gasteiger partial charge in [-0.2, -0.15) is 0 Å². The van der Waals surface area contributed by atoms with Crippen LogP contribution >= 0.6 is 22.7 Å². The lowest BCUT2D eigenvalue weighted by atomic mass is 10.3. The SMILES string of the molecule is CCc1nnc(N)s1.CCc1nnc(NC(=O)Oc2ccccc2)s1. The van der Waals surface area contributed by atoms with E-state index in [-0.39, 0.29) is 0 Å². The van der Waals surface area contributed by atoms with E-state index in [2.05, 4.69) is 25.7 Å². The Kier molecular flexibility index (Phi) is 7.23. The van der Waals surface area contributed by atoms with Crippen molar-refractivity contribution >= 4 is 39.0 Å². The number of hydrogen-bond donors (Lipinski definition) is 2. The van der Waals surface area contributed by atoms with Crippen LogP contribution in [-0.4, -0.2) is 26.5 Å². The smallest absolute Gasteiger partial charge is 0.410 e. The molecule has 1 aromatic carbocycles. The van der Waals surface area contributed by atoms with Gasteiger partial charge in [-0.15, -0.1) is 20.4 Å². The number of aryl methyl sites for hydroxylation is 2. The highest BCUT2D eigenvalue weighted by atomic mass is 32.1. The van der Waals surface area contributed by atoms with Crippen LogP contribution in [0.15, 0.2) is 30.3 Å². The third-order valence-corrected chi connectivity index (χ3v) is 4.60. The van der Waals surface area contributed by atoms with E-state index < -0.39 is 6.09 Å². The zero-order valence-corrected chi connectivity index (χ0v) is 15.4. The highest BCUT2D eigenvalue weighted by Crippen LogP contribution is 2.16. The molecule has 1 amide bonds. The molecule has 3 aromatic rings. The largest absolute Gasteiger partial charge is 0.418 e. The molecule has 0 aliphatic heterocycles. The summed E-state index contributed by atoms with van der Waals surface area (Å²) >= 11 is 2.78. The Balaban J connectivity index is 0.000000236. The lowest BCUT2D eigenvalue weighted by molar-refractivity contribution is 0.215. The number of nitrogens with zero attached hydrogens (tertiary/aromatic N) is 4. The Bertz CT molecular complexity index is 790. The molecule has 25 heavy (non-hydrogen) atoms. The normalized spacial score (nSPS) is 9.84. The molecule has 0 saturated heterocycles. The van der Waals surface area contributed by atoms with Gasteiger partial charge in [-0.25, -0.2) is 4.79 Å². The first kappa shape index (κ1) is 18.7. The first-order chi connectivity index (χ1) is 12.1. The van der Waals surface area contributed by atoms with E-state index in [0.29, 0.717) is 16.0 Å². The number of nitrogens with two attached hydrogens (primary N) is 1. The van der Waals surface area contributed by atoms with Gasteiger partial charge in [0.25, 0.3) is 0 Å². The molecule has 2 heterocycles. The number of nitrogen functional groups attached to an aromatic ring is 1. The van der Waals surface area contributed by atoms with Crippen LogP contribution in [0.25, 0.3) is 0 Å². The summed E-state index contributed by atoms with van der Waals surface area (Å²) in [4.78, 5) is 11.5. The van der Waals surface area contributed by atoms with Gasteiger partial charge in [-0.3, -0.25) is 5.32 Å². The van der Waals surface area contributed by atoms with Crippen molar-refractivity contribution in [2.45, 2.75) is 26.7 Å². The highest BCUT2D eigenvalue weighted by molar-refractivity contribution is 7.15. The Morgan fingerprint density at radius 3 is 2.20 bits per heavy atom. The molecule has 0 fully saturated rings. The summed E-state index contributed by atoms with van der Waals surface area (Å²) in [5.41, 5.74) is 5.30. The van der Waals surface area contributed by atoms with Crippen molar-refractivity contribution in [1.82, 2.24) is 20.4 Å². The van der Waals surface area contributed by atoms with Crippen molar-refractivity contribution in [3.05, 3.63) is 40.3 Å². The number of anilines is 2. The van der Waals surface area contributed by atoms with E-state index in [4.69, 9.17) is 10.5 Å². The van der Waals surface area contributed by atoms with Crippen LogP contribution in [0.3, 0.4) is 0 Å². The van der Waals surface area contributed by atoms with Crippen LogP contribution in [0.2, 0.25) is 0 Å². The maximum atomic E-state index is 11.5. The number of aromatic nitrogens is 4. The van der Waals surface area contributed by atoms with Gasteiger partial charge in [0.15, 0.2) is 0 Å². The van der Waals surface area contributed by atoms with Crippen LogP contribution in [0, 0.1) is 0 Å². The molecule has 0 aliphatic carbocycles. The molecule has 8 nitrogen and oxygen atoms in total. The minimum Gasteiger partial charge on any atom is -0.410 e. The minimum atomic E-state index is -0.560. The van der Waals surface area contributed by atoms with Crippen molar-refractivity contribution < 1.29 is 9.53 Å². The fourth-order valence-corrected chi connectivity index (χ4v) is 2.78. The third-order valence-electron chi connectivity index (χ3n) is 2.72. The van der Waals surface area contributed by atoms with Crippen LogP contribution in [-0.2, 0) is 12.8 Å². The van der Waals surface area contributed by atoms with Crippen molar-refractivity contribution in [3.8, 4) is 5.75 Å². The van der Waals surface area contributed by atoms with Crippen molar-refractivity contribution in [1.29, 1.82) is 0 Å². The zero-order valence-electron chi connectivity index (χ0n) is 13.8. The van der Waals surface area contributed by atoms with Crippen LogP contribution in [0.4, 0.5) is 15.1 Å². The summed E-state index contributed by atoms with van der Waals surface area (Å²) < 4.78 is 5.05. The standard InChI is InChI=1S/C11H11N3O2S.C4H7N3S/c1-2-9-13-14-10(17-9)12-11(15)16-8-6-4-3-5-7-8;1-2-3-6-7-4(5)8-3/h3-7H,2H2,1H3,(H,12,14,15);2H2,1H3,(H2,5,7). The average Bonchev–Trinajstić information content (AvgIpc) is 3.24. The van der Waals surface area contributed by atoms with Crippen LogP contribution in [0.1, 0.15) is 23.9 Å². The van der Waals surface area contributed by atoms with E-state index in [1.165, 1.54) is 22.7 Å². The molecule has 0 spiro atoms. The van der Waals surface area contributed by atoms with Crippen molar-refractivity contribution in [2.24, 2.45) is 0 Å². The molecule has 3 N–H and O–H groups in total. The van der Waals surface area contributed by atoms with E-state index in [0.717, 1.165) is 22.9 Å². The maximum Gasteiger partial charge on any atom is 0.418 e. The molecule has 0 radical (unpaired) electrons. The second-order valence-corrected chi connectivity index (χ2v) is 6.73. The van der Waals surface area contributed by atoms with Gasteiger partial charge in [0.1, 0.15) is 15.8 Å². The summed E-state index contributed by atoms with van der Waals surface area (Å²) in [6.45, 7) is 4.01. The van der Waals surface area contributed by atoms with Crippen molar-refractivity contribution in [2.75, 3.05) is 11.1 Å². The van der Waals surface area contributed by atoms with Gasteiger partial charge in [0.2, 0.25) is 10.3 Å². The summed E-state index contributed by atoms with van der Waals surface area (Å²) in [6, 6.07) is 8.85. The topological polar surface area (TPSA) is 116 Å². The number of rotatable bonds is 4. The lowest BCUT2D eigenvalue weighted by Crippen LogP contribution is -2.16. The van der Waals surface area contributed by atoms with E-state index in [1.807, 2.05) is 19.9 Å². The Labute approximate surface area is 153 Å². The monoisotopic (exact) mass is 378 g/mol.